The van der Waals surface area contributed by atoms with Gasteiger partial charge >= 0.3 is 6.09 Å². The number of H-pyrrole nitrogens is 1. The molecule has 5 rings (SSSR count). The number of fused-ring (bicyclic) bond motifs is 3. The SMILES string of the molecule is COc1cscc1-c1n[nH]c2c1CCCc1cc(N3CC(CNC(C)=O)OC3=O)ccc1-2. The van der Waals surface area contributed by atoms with Gasteiger partial charge in [-0.25, -0.2) is 4.79 Å². The number of carbonyl (C=O) groups is 2. The van der Waals surface area contributed by atoms with Gasteiger partial charge < -0.3 is 14.8 Å². The molecule has 2 amide bonds. The van der Waals surface area contributed by atoms with Crippen LogP contribution in [-0.2, 0) is 22.4 Å². The lowest BCUT2D eigenvalue weighted by Gasteiger charge is -2.16. The minimum atomic E-state index is -0.386. The standard InChI is InChI=1S/C23H24N4O4S/c1-13(28)24-9-16-10-27(23(29)31-16)15-6-7-17-14(8-15)4-3-5-18-21(17)25-26-22(18)19-11-32-12-20(19)30-2/h6-8,11-12,16H,3-5,9-10H2,1-2H3,(H,24,28)(H,25,26). The maximum atomic E-state index is 12.4. The molecule has 1 fully saturated rings. The molecule has 1 aromatic carbocycles. The van der Waals surface area contributed by atoms with Gasteiger partial charge in [-0.15, -0.1) is 11.3 Å². The molecular weight excluding hydrogens is 428 g/mol. The maximum absolute atomic E-state index is 12.4. The van der Waals surface area contributed by atoms with Crippen molar-refractivity contribution in [2.75, 3.05) is 25.1 Å². The Labute approximate surface area is 189 Å². The normalized spacial score (nSPS) is 17.4. The Kier molecular flexibility index (Phi) is 5.34. The first-order valence-electron chi connectivity index (χ1n) is 10.6. The summed E-state index contributed by atoms with van der Waals surface area (Å²) in [4.78, 5) is 25.2. The number of benzene rings is 1. The first-order chi connectivity index (χ1) is 15.5. The lowest BCUT2D eigenvalue weighted by atomic mass is 10.00. The van der Waals surface area contributed by atoms with Crippen molar-refractivity contribution in [3.8, 4) is 28.3 Å². The Morgan fingerprint density at radius 2 is 2.22 bits per heavy atom. The summed E-state index contributed by atoms with van der Waals surface area (Å²) in [5, 5.41) is 14.6. The van der Waals surface area contributed by atoms with E-state index in [-0.39, 0.29) is 18.1 Å². The van der Waals surface area contributed by atoms with Gasteiger partial charge in [-0.3, -0.25) is 14.8 Å². The smallest absolute Gasteiger partial charge is 0.414 e. The Balaban J connectivity index is 1.44. The zero-order valence-electron chi connectivity index (χ0n) is 17.9. The Bertz CT molecular complexity index is 1180. The largest absolute Gasteiger partial charge is 0.495 e. The van der Waals surface area contributed by atoms with E-state index in [4.69, 9.17) is 9.47 Å². The summed E-state index contributed by atoms with van der Waals surface area (Å²) in [6.07, 6.45) is 2.06. The average molecular weight is 453 g/mol. The van der Waals surface area contributed by atoms with Gasteiger partial charge in [0.2, 0.25) is 5.91 Å². The Morgan fingerprint density at radius 1 is 1.34 bits per heavy atom. The molecule has 8 nitrogen and oxygen atoms in total. The molecule has 2 aromatic heterocycles. The molecule has 1 atom stereocenters. The number of cyclic esters (lactones) is 1. The molecule has 1 aliphatic heterocycles. The topological polar surface area (TPSA) is 96.6 Å². The summed E-state index contributed by atoms with van der Waals surface area (Å²) >= 11 is 1.60. The molecule has 0 saturated carbocycles. The molecule has 2 aliphatic rings. The van der Waals surface area contributed by atoms with Gasteiger partial charge in [0, 0.05) is 34.5 Å². The van der Waals surface area contributed by atoms with Gasteiger partial charge in [0.25, 0.3) is 0 Å². The molecule has 0 spiro atoms. The predicted octanol–water partition coefficient (Wildman–Crippen LogP) is 3.76. The van der Waals surface area contributed by atoms with Gasteiger partial charge in [-0.2, -0.15) is 5.10 Å². The van der Waals surface area contributed by atoms with Gasteiger partial charge in [-0.05, 0) is 37.0 Å². The second-order valence-corrected chi connectivity index (χ2v) is 8.77. The molecule has 0 bridgehead atoms. The molecule has 1 aliphatic carbocycles. The van der Waals surface area contributed by atoms with Crippen molar-refractivity contribution in [1.29, 1.82) is 0 Å². The summed E-state index contributed by atoms with van der Waals surface area (Å²) in [6, 6.07) is 6.07. The van der Waals surface area contributed by atoms with Crippen molar-refractivity contribution in [2.45, 2.75) is 32.3 Å². The van der Waals surface area contributed by atoms with Crippen LogP contribution in [0.4, 0.5) is 10.5 Å². The fourth-order valence-electron chi connectivity index (χ4n) is 4.42. The van der Waals surface area contributed by atoms with Gasteiger partial charge in [0.1, 0.15) is 17.5 Å². The van der Waals surface area contributed by atoms with Crippen LogP contribution in [0.3, 0.4) is 0 Å². The zero-order chi connectivity index (χ0) is 22.2. The monoisotopic (exact) mass is 452 g/mol. The molecule has 0 radical (unpaired) electrons. The molecule has 2 N–H and O–H groups in total. The zero-order valence-corrected chi connectivity index (χ0v) is 18.8. The van der Waals surface area contributed by atoms with Crippen molar-refractivity contribution < 1.29 is 19.1 Å². The second kappa shape index (κ2) is 8.31. The van der Waals surface area contributed by atoms with Crippen LogP contribution in [0.1, 0.15) is 24.5 Å². The molecule has 166 valence electrons. The van der Waals surface area contributed by atoms with Crippen LogP contribution in [0.15, 0.2) is 29.0 Å². The van der Waals surface area contributed by atoms with Crippen LogP contribution in [0.25, 0.3) is 22.5 Å². The van der Waals surface area contributed by atoms with E-state index in [1.54, 1.807) is 23.3 Å². The number of nitrogens with one attached hydrogen (secondary N) is 2. The number of thiophene rings is 1. The van der Waals surface area contributed by atoms with Crippen molar-refractivity contribution >= 4 is 29.0 Å². The quantitative estimate of drug-likeness (QED) is 0.614. The summed E-state index contributed by atoms with van der Waals surface area (Å²) in [5.74, 6) is 0.699. The van der Waals surface area contributed by atoms with Crippen LogP contribution in [0.5, 0.6) is 5.75 Å². The number of hydrogen-bond acceptors (Lipinski definition) is 6. The lowest BCUT2D eigenvalue weighted by molar-refractivity contribution is -0.119. The highest BCUT2D eigenvalue weighted by atomic mass is 32.1. The maximum Gasteiger partial charge on any atom is 0.414 e. The Morgan fingerprint density at radius 3 is 3.03 bits per heavy atom. The fraction of sp³-hybridized carbons (Fsp3) is 0.348. The minimum Gasteiger partial charge on any atom is -0.495 e. The number of aryl methyl sites for hydroxylation is 1. The first-order valence-corrected chi connectivity index (χ1v) is 11.5. The number of carbonyl (C=O) groups excluding carboxylic acids is 2. The van der Waals surface area contributed by atoms with Crippen LogP contribution < -0.4 is 15.0 Å². The summed E-state index contributed by atoms with van der Waals surface area (Å²) in [7, 11) is 1.68. The van der Waals surface area contributed by atoms with Gasteiger partial charge in [0.15, 0.2) is 0 Å². The van der Waals surface area contributed by atoms with Crippen LogP contribution in [-0.4, -0.2) is 48.5 Å². The molecule has 9 heteroatoms. The summed E-state index contributed by atoms with van der Waals surface area (Å²) in [6.45, 7) is 2.18. The molecule has 32 heavy (non-hydrogen) atoms. The van der Waals surface area contributed by atoms with Crippen molar-refractivity contribution in [2.24, 2.45) is 0 Å². The number of hydrogen-bond donors (Lipinski definition) is 2. The van der Waals surface area contributed by atoms with Crippen molar-refractivity contribution in [3.05, 3.63) is 40.1 Å². The van der Waals surface area contributed by atoms with Crippen molar-refractivity contribution in [1.82, 2.24) is 15.5 Å². The number of amides is 2. The van der Waals surface area contributed by atoms with E-state index >= 15 is 0 Å². The molecule has 3 aromatic rings. The average Bonchev–Trinajstić information content (AvgIpc) is 3.47. The van der Waals surface area contributed by atoms with E-state index in [2.05, 4.69) is 33.0 Å². The number of rotatable bonds is 5. The van der Waals surface area contributed by atoms with Gasteiger partial charge in [0.05, 0.1) is 31.5 Å². The number of methoxy groups -OCH3 is 1. The second-order valence-electron chi connectivity index (χ2n) is 8.03. The number of nitrogens with zero attached hydrogens (tertiary/aromatic N) is 2. The summed E-state index contributed by atoms with van der Waals surface area (Å²) < 4.78 is 10.9. The third-order valence-corrected chi connectivity index (χ3v) is 6.69. The van der Waals surface area contributed by atoms with E-state index in [1.807, 2.05) is 11.4 Å². The van der Waals surface area contributed by atoms with Gasteiger partial charge in [-0.1, -0.05) is 6.07 Å². The van der Waals surface area contributed by atoms with E-state index < -0.39 is 0 Å². The molecular formula is C23H24N4O4S. The highest BCUT2D eigenvalue weighted by molar-refractivity contribution is 7.08. The minimum absolute atomic E-state index is 0.140. The third kappa shape index (κ3) is 3.62. The first kappa shape index (κ1) is 20.6. The van der Waals surface area contributed by atoms with Crippen LogP contribution >= 0.6 is 11.3 Å². The molecule has 1 saturated heterocycles. The fourth-order valence-corrected chi connectivity index (χ4v) is 5.20. The van der Waals surface area contributed by atoms with Crippen molar-refractivity contribution in [3.63, 3.8) is 0 Å². The number of ether oxygens (including phenoxy) is 2. The lowest BCUT2D eigenvalue weighted by Crippen LogP contribution is -2.33. The van der Waals surface area contributed by atoms with E-state index in [1.165, 1.54) is 18.1 Å². The number of aromatic nitrogens is 2. The van der Waals surface area contributed by atoms with Crippen LogP contribution in [0, 0.1) is 0 Å². The predicted molar refractivity (Wildman–Crippen MR) is 122 cm³/mol. The highest BCUT2D eigenvalue weighted by Gasteiger charge is 2.33. The third-order valence-electron chi connectivity index (χ3n) is 5.96. The van der Waals surface area contributed by atoms with E-state index in [9.17, 15) is 9.59 Å². The Hall–Kier alpha value is -3.33. The molecule has 1 unspecified atom stereocenters. The molecule has 3 heterocycles. The summed E-state index contributed by atoms with van der Waals surface area (Å²) in [5.41, 5.74) is 7.27. The van der Waals surface area contributed by atoms with Crippen LogP contribution in [0.2, 0.25) is 0 Å². The van der Waals surface area contributed by atoms with E-state index in [0.29, 0.717) is 13.1 Å². The number of anilines is 1. The number of aromatic amines is 1. The van der Waals surface area contributed by atoms with E-state index in [0.717, 1.165) is 53.2 Å². The highest BCUT2D eigenvalue weighted by Crippen LogP contribution is 2.41.